The summed E-state index contributed by atoms with van der Waals surface area (Å²) in [5, 5.41) is 8.84. The summed E-state index contributed by atoms with van der Waals surface area (Å²) in [5.74, 6) is -1.04. The summed E-state index contributed by atoms with van der Waals surface area (Å²) in [6.45, 7) is 0. The first-order valence-corrected chi connectivity index (χ1v) is 4.95. The van der Waals surface area contributed by atoms with Gasteiger partial charge in [-0.15, -0.1) is 0 Å². The third-order valence-electron chi connectivity index (χ3n) is 2.49. The Balaban J connectivity index is 2.55. The maximum Gasteiger partial charge on any atom is 0.137 e. The van der Waals surface area contributed by atoms with Crippen molar-refractivity contribution in [2.75, 3.05) is 0 Å². The van der Waals surface area contributed by atoms with Gasteiger partial charge in [-0.25, -0.2) is 8.78 Å². The fourth-order valence-electron chi connectivity index (χ4n) is 1.46. The second-order valence-electron chi connectivity index (χ2n) is 3.44. The van der Waals surface area contributed by atoms with Gasteiger partial charge < -0.3 is 0 Å². The van der Waals surface area contributed by atoms with Crippen LogP contribution in [0, 0.1) is 23.0 Å². The Kier molecular flexibility index (Phi) is 2.07. The lowest BCUT2D eigenvalue weighted by atomic mass is 9.97. The summed E-state index contributed by atoms with van der Waals surface area (Å²) >= 11 is 2.89. The molecule has 1 aromatic rings. The van der Waals surface area contributed by atoms with Gasteiger partial charge in [-0.1, -0.05) is 0 Å². The molecule has 2 rings (SSSR count). The van der Waals surface area contributed by atoms with Crippen molar-refractivity contribution in [3.63, 3.8) is 0 Å². The number of nitriles is 1. The number of rotatable bonds is 1. The summed E-state index contributed by atoms with van der Waals surface area (Å²) in [7, 11) is 0. The molecule has 1 aliphatic carbocycles. The van der Waals surface area contributed by atoms with Crippen LogP contribution in [0.1, 0.15) is 18.4 Å². The third kappa shape index (κ3) is 1.32. The van der Waals surface area contributed by atoms with Crippen molar-refractivity contribution in [3.05, 3.63) is 33.8 Å². The number of halogens is 3. The van der Waals surface area contributed by atoms with Gasteiger partial charge >= 0.3 is 0 Å². The largest absolute Gasteiger partial charge is 0.207 e. The molecule has 1 nitrogen and oxygen atoms in total. The van der Waals surface area contributed by atoms with Gasteiger partial charge in [-0.05, 0) is 40.9 Å². The first kappa shape index (κ1) is 9.60. The van der Waals surface area contributed by atoms with Crippen LogP contribution in [0.2, 0.25) is 0 Å². The minimum atomic E-state index is -0.772. The van der Waals surface area contributed by atoms with Gasteiger partial charge in [-0.2, -0.15) is 5.26 Å². The molecule has 14 heavy (non-hydrogen) atoms. The SMILES string of the molecule is N#CC1(c2cc(F)c(Br)cc2F)CC1. The molecule has 0 radical (unpaired) electrons. The summed E-state index contributed by atoms with van der Waals surface area (Å²) in [5.41, 5.74) is -0.591. The molecule has 4 heteroatoms. The Labute approximate surface area is 88.5 Å². The van der Waals surface area contributed by atoms with Gasteiger partial charge in [-0.3, -0.25) is 0 Å². The van der Waals surface area contributed by atoms with E-state index in [1.807, 2.05) is 6.07 Å². The number of benzene rings is 1. The quantitative estimate of drug-likeness (QED) is 0.709. The smallest absolute Gasteiger partial charge is 0.137 e. The molecule has 0 N–H and O–H groups in total. The highest BCUT2D eigenvalue weighted by Crippen LogP contribution is 2.48. The average molecular weight is 258 g/mol. The van der Waals surface area contributed by atoms with Crippen molar-refractivity contribution in [1.82, 2.24) is 0 Å². The van der Waals surface area contributed by atoms with Gasteiger partial charge in [0, 0.05) is 5.56 Å². The van der Waals surface area contributed by atoms with E-state index in [0.29, 0.717) is 12.8 Å². The molecule has 0 bridgehead atoms. The number of nitrogens with zero attached hydrogens (tertiary/aromatic N) is 1. The third-order valence-corrected chi connectivity index (χ3v) is 3.10. The molecular weight excluding hydrogens is 252 g/mol. The van der Waals surface area contributed by atoms with E-state index in [-0.39, 0.29) is 10.0 Å². The lowest BCUT2D eigenvalue weighted by molar-refractivity contribution is 0.572. The van der Waals surface area contributed by atoms with Gasteiger partial charge in [0.25, 0.3) is 0 Å². The maximum atomic E-state index is 13.4. The van der Waals surface area contributed by atoms with Gasteiger partial charge in [0.1, 0.15) is 11.6 Å². The molecule has 1 fully saturated rings. The number of hydrogen-bond acceptors (Lipinski definition) is 1. The van der Waals surface area contributed by atoms with Crippen molar-refractivity contribution in [1.29, 1.82) is 5.26 Å². The van der Waals surface area contributed by atoms with Crippen LogP contribution < -0.4 is 0 Å². The molecular formula is C10H6BrF2N. The molecule has 0 spiro atoms. The maximum absolute atomic E-state index is 13.4. The van der Waals surface area contributed by atoms with Gasteiger partial charge in [0.05, 0.1) is 16.0 Å². The Morgan fingerprint density at radius 2 is 1.93 bits per heavy atom. The van der Waals surface area contributed by atoms with Crippen LogP contribution in [0.4, 0.5) is 8.78 Å². The molecule has 1 aromatic carbocycles. The topological polar surface area (TPSA) is 23.8 Å². The van der Waals surface area contributed by atoms with Crippen LogP contribution in [0.15, 0.2) is 16.6 Å². The van der Waals surface area contributed by atoms with Crippen LogP contribution in [-0.4, -0.2) is 0 Å². The molecule has 0 aliphatic heterocycles. The second-order valence-corrected chi connectivity index (χ2v) is 4.29. The van der Waals surface area contributed by atoms with Crippen molar-refractivity contribution >= 4 is 15.9 Å². The average Bonchev–Trinajstić information content (AvgIpc) is 2.92. The van der Waals surface area contributed by atoms with E-state index in [1.165, 1.54) is 0 Å². The van der Waals surface area contributed by atoms with E-state index in [4.69, 9.17) is 5.26 Å². The highest BCUT2D eigenvalue weighted by Gasteiger charge is 2.47. The molecule has 1 saturated carbocycles. The van der Waals surface area contributed by atoms with Gasteiger partial charge in [0.2, 0.25) is 0 Å². The summed E-state index contributed by atoms with van der Waals surface area (Å²) in [6, 6.07) is 4.21. The summed E-state index contributed by atoms with van der Waals surface area (Å²) < 4.78 is 26.6. The fourth-order valence-corrected chi connectivity index (χ4v) is 1.77. The predicted molar refractivity (Wildman–Crippen MR) is 50.6 cm³/mol. The van der Waals surface area contributed by atoms with Crippen molar-refractivity contribution in [2.45, 2.75) is 18.3 Å². The molecule has 0 amide bonds. The first-order valence-electron chi connectivity index (χ1n) is 4.15. The molecule has 1 aliphatic rings. The van der Waals surface area contributed by atoms with E-state index >= 15 is 0 Å². The summed E-state index contributed by atoms with van der Waals surface area (Å²) in [4.78, 5) is 0. The van der Waals surface area contributed by atoms with Gasteiger partial charge in [0.15, 0.2) is 0 Å². The fraction of sp³-hybridized carbons (Fsp3) is 0.300. The molecule has 0 saturated heterocycles. The van der Waals surface area contributed by atoms with E-state index in [1.54, 1.807) is 0 Å². The normalized spacial score (nSPS) is 17.6. The molecule has 0 atom stereocenters. The second kappa shape index (κ2) is 3.03. The van der Waals surface area contributed by atoms with Crippen molar-refractivity contribution in [3.8, 4) is 6.07 Å². The predicted octanol–water partition coefficient (Wildman–Crippen LogP) is 3.28. The van der Waals surface area contributed by atoms with Crippen LogP contribution in [0.5, 0.6) is 0 Å². The zero-order valence-electron chi connectivity index (χ0n) is 7.15. The van der Waals surface area contributed by atoms with Crippen LogP contribution in [0.25, 0.3) is 0 Å². The monoisotopic (exact) mass is 257 g/mol. The first-order chi connectivity index (χ1) is 6.59. The Morgan fingerprint density at radius 3 is 2.43 bits per heavy atom. The van der Waals surface area contributed by atoms with Crippen molar-refractivity contribution in [2.24, 2.45) is 0 Å². The lowest BCUT2D eigenvalue weighted by Gasteiger charge is -2.08. The lowest BCUT2D eigenvalue weighted by Crippen LogP contribution is -2.06. The minimum absolute atomic E-state index is 0.0903. The minimum Gasteiger partial charge on any atom is -0.207 e. The van der Waals surface area contributed by atoms with Crippen LogP contribution in [-0.2, 0) is 5.41 Å². The van der Waals surface area contributed by atoms with Crippen LogP contribution in [0.3, 0.4) is 0 Å². The van der Waals surface area contributed by atoms with E-state index in [2.05, 4.69) is 15.9 Å². The highest BCUT2D eigenvalue weighted by atomic mass is 79.9. The molecule has 72 valence electrons. The Morgan fingerprint density at radius 1 is 1.29 bits per heavy atom. The Bertz CT molecular complexity index is 432. The molecule has 0 heterocycles. The highest BCUT2D eigenvalue weighted by molar-refractivity contribution is 9.10. The zero-order valence-corrected chi connectivity index (χ0v) is 8.74. The summed E-state index contributed by atoms with van der Waals surface area (Å²) in [6.07, 6.45) is 1.23. The standard InChI is InChI=1S/C10H6BrF2N/c11-7-4-8(12)6(3-9(7)13)10(5-14)1-2-10/h3-4H,1-2H2. The number of hydrogen-bond donors (Lipinski definition) is 0. The van der Waals surface area contributed by atoms with E-state index < -0.39 is 17.0 Å². The Hall–Kier alpha value is -0.950. The zero-order chi connectivity index (χ0) is 10.3. The van der Waals surface area contributed by atoms with E-state index in [9.17, 15) is 8.78 Å². The van der Waals surface area contributed by atoms with E-state index in [0.717, 1.165) is 12.1 Å². The van der Waals surface area contributed by atoms with Crippen molar-refractivity contribution < 1.29 is 8.78 Å². The van der Waals surface area contributed by atoms with Crippen LogP contribution >= 0.6 is 15.9 Å². The molecule has 0 aromatic heterocycles. The molecule has 0 unspecified atom stereocenters.